The predicted molar refractivity (Wildman–Crippen MR) is 122 cm³/mol. The second kappa shape index (κ2) is 9.92. The van der Waals surface area contributed by atoms with Crippen molar-refractivity contribution in [3.8, 4) is 0 Å². The normalized spacial score (nSPS) is 12.2. The van der Waals surface area contributed by atoms with Crippen molar-refractivity contribution in [1.29, 1.82) is 0 Å². The zero-order chi connectivity index (χ0) is 21.7. The molecule has 3 aromatic rings. The summed E-state index contributed by atoms with van der Waals surface area (Å²) < 4.78 is 1.68. The fourth-order valence-corrected chi connectivity index (χ4v) is 3.72. The Labute approximate surface area is 183 Å². The summed E-state index contributed by atoms with van der Waals surface area (Å²) >= 11 is 6.54. The van der Waals surface area contributed by atoms with E-state index in [2.05, 4.69) is 46.5 Å². The molecule has 30 heavy (non-hydrogen) atoms. The van der Waals surface area contributed by atoms with Gasteiger partial charge in [-0.1, -0.05) is 71.8 Å². The second-order valence-electron chi connectivity index (χ2n) is 7.91. The molecule has 0 bridgehead atoms. The van der Waals surface area contributed by atoms with Gasteiger partial charge in [-0.15, -0.1) is 0 Å². The lowest BCUT2D eigenvalue weighted by atomic mass is 10.1. The Hall–Kier alpha value is -2.63. The first kappa shape index (κ1) is 22.1. The summed E-state index contributed by atoms with van der Waals surface area (Å²) in [6, 6.07) is 18.7. The number of benzene rings is 2. The molecule has 1 atom stereocenters. The number of nitrogens with one attached hydrogen (secondary N) is 1. The molecule has 158 valence electrons. The number of amides is 1. The average Bonchev–Trinajstić information content (AvgIpc) is 3.00. The maximum absolute atomic E-state index is 12.9. The molecule has 0 spiro atoms. The highest BCUT2D eigenvalue weighted by Crippen LogP contribution is 2.21. The number of aromatic nitrogens is 2. The molecule has 3 rings (SSSR count). The van der Waals surface area contributed by atoms with E-state index in [4.69, 9.17) is 11.6 Å². The van der Waals surface area contributed by atoms with Gasteiger partial charge in [-0.05, 0) is 45.5 Å². The van der Waals surface area contributed by atoms with Gasteiger partial charge in [0, 0.05) is 12.6 Å². The first-order chi connectivity index (χ1) is 14.3. The average molecular weight is 425 g/mol. The summed E-state index contributed by atoms with van der Waals surface area (Å²) in [6.45, 7) is 4.93. The number of carbonyl (C=O) groups is 1. The standard InChI is InChI=1S/C24H29ClN4O/c1-17-10-12-20(13-11-17)16-29-23(25)22(18(2)27-29)24(30)26-15-21(28(3)4)14-19-8-6-5-7-9-19/h5-13,21H,14-16H2,1-4H3,(H,26,30)/t21-/m0/s1. The van der Waals surface area contributed by atoms with E-state index in [0.717, 1.165) is 12.0 Å². The van der Waals surface area contributed by atoms with Gasteiger partial charge in [0.2, 0.25) is 0 Å². The molecule has 0 saturated carbocycles. The van der Waals surface area contributed by atoms with Crippen molar-refractivity contribution >= 4 is 17.5 Å². The summed E-state index contributed by atoms with van der Waals surface area (Å²) in [4.78, 5) is 15.0. The van der Waals surface area contributed by atoms with Crippen molar-refractivity contribution in [1.82, 2.24) is 20.0 Å². The highest BCUT2D eigenvalue weighted by molar-refractivity contribution is 6.33. The molecule has 0 unspecified atom stereocenters. The van der Waals surface area contributed by atoms with E-state index in [-0.39, 0.29) is 11.9 Å². The molecular weight excluding hydrogens is 396 g/mol. The number of carbonyl (C=O) groups excluding carboxylic acids is 1. The summed E-state index contributed by atoms with van der Waals surface area (Å²) in [7, 11) is 4.05. The van der Waals surface area contributed by atoms with Gasteiger partial charge in [0.1, 0.15) is 5.15 Å². The van der Waals surface area contributed by atoms with Crippen molar-refractivity contribution in [3.05, 3.63) is 87.7 Å². The van der Waals surface area contributed by atoms with Crippen LogP contribution in [0.3, 0.4) is 0 Å². The van der Waals surface area contributed by atoms with Crippen LogP contribution in [0.25, 0.3) is 0 Å². The molecule has 1 N–H and O–H groups in total. The van der Waals surface area contributed by atoms with E-state index in [1.165, 1.54) is 11.1 Å². The minimum Gasteiger partial charge on any atom is -0.350 e. The molecule has 1 heterocycles. The van der Waals surface area contributed by atoms with Crippen LogP contribution in [0, 0.1) is 13.8 Å². The van der Waals surface area contributed by atoms with Crippen molar-refractivity contribution in [2.24, 2.45) is 0 Å². The molecule has 0 aliphatic carbocycles. The Bertz CT molecular complexity index is 980. The Morgan fingerprint density at radius 1 is 1.07 bits per heavy atom. The number of likely N-dealkylation sites (N-methyl/N-ethyl adjacent to an activating group) is 1. The SMILES string of the molecule is Cc1ccc(Cn2nc(C)c(C(=O)NC[C@H](Cc3ccccc3)N(C)C)c2Cl)cc1. The fraction of sp³-hybridized carbons (Fsp3) is 0.333. The van der Waals surface area contributed by atoms with E-state index in [1.807, 2.05) is 51.4 Å². The Morgan fingerprint density at radius 2 is 1.73 bits per heavy atom. The molecular formula is C24H29ClN4O. The summed E-state index contributed by atoms with van der Waals surface area (Å²) in [6.07, 6.45) is 0.855. The summed E-state index contributed by atoms with van der Waals surface area (Å²) in [5, 5.41) is 7.91. The van der Waals surface area contributed by atoms with Gasteiger partial charge < -0.3 is 10.2 Å². The smallest absolute Gasteiger partial charge is 0.256 e. The van der Waals surface area contributed by atoms with Crippen LogP contribution in [-0.2, 0) is 13.0 Å². The topological polar surface area (TPSA) is 50.2 Å². The molecule has 2 aromatic carbocycles. The van der Waals surface area contributed by atoms with Gasteiger partial charge >= 0.3 is 0 Å². The van der Waals surface area contributed by atoms with Crippen LogP contribution in [0.1, 0.15) is 32.7 Å². The van der Waals surface area contributed by atoms with Crippen LogP contribution in [0.2, 0.25) is 5.15 Å². The first-order valence-electron chi connectivity index (χ1n) is 10.1. The van der Waals surface area contributed by atoms with E-state index < -0.39 is 0 Å². The molecule has 0 radical (unpaired) electrons. The van der Waals surface area contributed by atoms with Crippen LogP contribution >= 0.6 is 11.6 Å². The molecule has 1 amide bonds. The van der Waals surface area contributed by atoms with Gasteiger partial charge in [0.15, 0.2) is 0 Å². The predicted octanol–water partition coefficient (Wildman–Crippen LogP) is 4.10. The lowest BCUT2D eigenvalue weighted by Gasteiger charge is -2.24. The van der Waals surface area contributed by atoms with Crippen LogP contribution < -0.4 is 5.32 Å². The largest absolute Gasteiger partial charge is 0.350 e. The summed E-state index contributed by atoms with van der Waals surface area (Å²) in [5.41, 5.74) is 4.61. The molecule has 0 fully saturated rings. The van der Waals surface area contributed by atoms with Gasteiger partial charge in [-0.2, -0.15) is 5.10 Å². The highest BCUT2D eigenvalue weighted by atomic mass is 35.5. The van der Waals surface area contributed by atoms with Gasteiger partial charge in [0.05, 0.1) is 17.8 Å². The monoisotopic (exact) mass is 424 g/mol. The highest BCUT2D eigenvalue weighted by Gasteiger charge is 2.22. The van der Waals surface area contributed by atoms with Crippen LogP contribution in [0.4, 0.5) is 0 Å². The third-order valence-electron chi connectivity index (χ3n) is 5.29. The van der Waals surface area contributed by atoms with E-state index in [0.29, 0.717) is 29.5 Å². The van der Waals surface area contributed by atoms with Gasteiger partial charge in [-0.25, -0.2) is 4.68 Å². The third-order valence-corrected chi connectivity index (χ3v) is 5.67. The van der Waals surface area contributed by atoms with E-state index >= 15 is 0 Å². The third kappa shape index (κ3) is 5.49. The fourth-order valence-electron chi connectivity index (χ4n) is 3.40. The number of hydrogen-bond donors (Lipinski definition) is 1. The van der Waals surface area contributed by atoms with Crippen LogP contribution in [-0.4, -0.2) is 47.3 Å². The Morgan fingerprint density at radius 3 is 2.37 bits per heavy atom. The number of aryl methyl sites for hydroxylation is 2. The quantitative estimate of drug-likeness (QED) is 0.592. The zero-order valence-electron chi connectivity index (χ0n) is 18.0. The number of rotatable bonds is 8. The molecule has 1 aromatic heterocycles. The van der Waals surface area contributed by atoms with E-state index in [9.17, 15) is 4.79 Å². The van der Waals surface area contributed by atoms with Crippen molar-refractivity contribution < 1.29 is 4.79 Å². The molecule has 0 aliphatic heterocycles. The number of hydrogen-bond acceptors (Lipinski definition) is 3. The van der Waals surface area contributed by atoms with Gasteiger partial charge in [-0.3, -0.25) is 4.79 Å². The van der Waals surface area contributed by atoms with Crippen molar-refractivity contribution in [2.75, 3.05) is 20.6 Å². The minimum atomic E-state index is -0.187. The maximum atomic E-state index is 12.9. The Kier molecular flexibility index (Phi) is 7.29. The Balaban J connectivity index is 1.68. The lowest BCUT2D eigenvalue weighted by Crippen LogP contribution is -2.41. The number of nitrogens with zero attached hydrogens (tertiary/aromatic N) is 3. The summed E-state index contributed by atoms with van der Waals surface area (Å²) in [5.74, 6) is -0.187. The molecule has 0 aliphatic rings. The van der Waals surface area contributed by atoms with Gasteiger partial charge in [0.25, 0.3) is 5.91 Å². The van der Waals surface area contributed by atoms with Crippen LogP contribution in [0.5, 0.6) is 0 Å². The molecule has 5 nitrogen and oxygen atoms in total. The number of halogens is 1. The molecule has 0 saturated heterocycles. The zero-order valence-corrected chi connectivity index (χ0v) is 18.8. The lowest BCUT2D eigenvalue weighted by molar-refractivity contribution is 0.0941. The maximum Gasteiger partial charge on any atom is 0.256 e. The van der Waals surface area contributed by atoms with Crippen molar-refractivity contribution in [2.45, 2.75) is 32.9 Å². The molecule has 6 heteroatoms. The minimum absolute atomic E-state index is 0.179. The van der Waals surface area contributed by atoms with E-state index in [1.54, 1.807) is 4.68 Å². The second-order valence-corrected chi connectivity index (χ2v) is 8.27. The van der Waals surface area contributed by atoms with Crippen LogP contribution in [0.15, 0.2) is 54.6 Å². The first-order valence-corrected chi connectivity index (χ1v) is 10.5. The van der Waals surface area contributed by atoms with Crippen molar-refractivity contribution in [3.63, 3.8) is 0 Å².